The molecule has 0 aliphatic heterocycles. The van der Waals surface area contributed by atoms with Crippen LogP contribution in [0, 0.1) is 5.92 Å². The van der Waals surface area contributed by atoms with Crippen molar-refractivity contribution in [3.63, 3.8) is 0 Å². The lowest BCUT2D eigenvalue weighted by Gasteiger charge is -2.14. The largest absolute Gasteiger partial charge is 0.396 e. The monoisotopic (exact) mass is 208 g/mol. The Morgan fingerprint density at radius 3 is 2.53 bits per heavy atom. The van der Waals surface area contributed by atoms with Crippen molar-refractivity contribution < 1.29 is 5.11 Å². The molecule has 1 heteroatoms. The van der Waals surface area contributed by atoms with Crippen molar-refractivity contribution in [2.45, 2.75) is 39.5 Å². The average Bonchev–Trinajstić information content (AvgIpc) is 2.17. The van der Waals surface area contributed by atoms with Crippen LogP contribution in [0.5, 0.6) is 0 Å². The van der Waals surface area contributed by atoms with Gasteiger partial charge < -0.3 is 5.11 Å². The summed E-state index contributed by atoms with van der Waals surface area (Å²) in [5.74, 6) is 0.552. The predicted octanol–water partition coefficient (Wildman–Crippen LogP) is 3.86. The van der Waals surface area contributed by atoms with Crippen LogP contribution in [0.2, 0.25) is 0 Å². The molecule has 0 saturated heterocycles. The second kappa shape index (κ2) is 8.49. The maximum absolute atomic E-state index is 8.78. The Morgan fingerprint density at radius 2 is 2.07 bits per heavy atom. The summed E-state index contributed by atoms with van der Waals surface area (Å²) < 4.78 is 0. The fraction of sp³-hybridized carbons (Fsp3) is 0.571. The smallest absolute Gasteiger partial charge is 0.0468 e. The Hall–Kier alpha value is -0.820. The van der Waals surface area contributed by atoms with E-state index in [0.29, 0.717) is 5.92 Å². The molecule has 1 nitrogen and oxygen atoms in total. The van der Waals surface area contributed by atoms with Gasteiger partial charge in [0.1, 0.15) is 0 Å². The molecule has 15 heavy (non-hydrogen) atoms. The van der Waals surface area contributed by atoms with Gasteiger partial charge in [-0.1, -0.05) is 29.9 Å². The van der Waals surface area contributed by atoms with Crippen LogP contribution < -0.4 is 0 Å². The van der Waals surface area contributed by atoms with E-state index in [4.69, 9.17) is 5.11 Å². The van der Waals surface area contributed by atoms with E-state index in [2.05, 4.69) is 33.1 Å². The van der Waals surface area contributed by atoms with E-state index in [1.165, 1.54) is 11.1 Å². The Balaban J connectivity index is 4.10. The van der Waals surface area contributed by atoms with Crippen LogP contribution in [0.3, 0.4) is 0 Å². The van der Waals surface area contributed by atoms with Gasteiger partial charge in [-0.15, -0.1) is 6.58 Å². The molecule has 1 N–H and O–H groups in total. The number of hydrogen-bond acceptors (Lipinski definition) is 1. The Labute approximate surface area is 94.2 Å². The zero-order valence-electron chi connectivity index (χ0n) is 10.1. The minimum Gasteiger partial charge on any atom is -0.396 e. The predicted molar refractivity (Wildman–Crippen MR) is 67.8 cm³/mol. The van der Waals surface area contributed by atoms with Crippen LogP contribution in [-0.4, -0.2) is 11.7 Å². The van der Waals surface area contributed by atoms with Crippen LogP contribution in [0.4, 0.5) is 0 Å². The normalized spacial score (nSPS) is 13.7. The third-order valence-corrected chi connectivity index (χ3v) is 2.67. The highest BCUT2D eigenvalue weighted by molar-refractivity contribution is 5.04. The van der Waals surface area contributed by atoms with Gasteiger partial charge in [0.25, 0.3) is 0 Å². The van der Waals surface area contributed by atoms with Crippen molar-refractivity contribution in [2.24, 2.45) is 5.92 Å². The maximum atomic E-state index is 8.78. The van der Waals surface area contributed by atoms with E-state index in [9.17, 15) is 0 Å². The second-order valence-electron chi connectivity index (χ2n) is 4.17. The van der Waals surface area contributed by atoms with Crippen molar-refractivity contribution in [1.82, 2.24) is 0 Å². The molecular weight excluding hydrogens is 184 g/mol. The van der Waals surface area contributed by atoms with Gasteiger partial charge in [-0.3, -0.25) is 0 Å². The number of rotatable bonds is 8. The molecule has 1 atom stereocenters. The molecule has 0 bridgehead atoms. The van der Waals surface area contributed by atoms with Gasteiger partial charge in [-0.05, 0) is 45.4 Å². The lowest BCUT2D eigenvalue weighted by Crippen LogP contribution is -2.00. The molecule has 0 rings (SSSR count). The number of allylic oxidation sites excluding steroid dienone is 3. The SMILES string of the molecule is C=CCCC(C/C=C(/C)CCO)C(=C)C. The maximum Gasteiger partial charge on any atom is 0.0468 e. The lowest BCUT2D eigenvalue weighted by molar-refractivity contribution is 0.299. The first-order chi connectivity index (χ1) is 7.11. The molecule has 1 unspecified atom stereocenters. The molecule has 86 valence electrons. The molecule has 0 aromatic carbocycles. The minimum atomic E-state index is 0.243. The Bertz CT molecular complexity index is 225. The van der Waals surface area contributed by atoms with Crippen molar-refractivity contribution >= 4 is 0 Å². The summed E-state index contributed by atoms with van der Waals surface area (Å²) in [5.41, 5.74) is 2.51. The topological polar surface area (TPSA) is 20.2 Å². The van der Waals surface area contributed by atoms with Crippen LogP contribution in [0.25, 0.3) is 0 Å². The van der Waals surface area contributed by atoms with E-state index in [0.717, 1.165) is 25.7 Å². The molecule has 0 heterocycles. The molecule has 0 radical (unpaired) electrons. The quantitative estimate of drug-likeness (QED) is 0.600. The molecule has 0 fully saturated rings. The van der Waals surface area contributed by atoms with E-state index in [1.54, 1.807) is 0 Å². The first kappa shape index (κ1) is 14.2. The van der Waals surface area contributed by atoms with Crippen molar-refractivity contribution in [1.29, 1.82) is 0 Å². The average molecular weight is 208 g/mol. The second-order valence-corrected chi connectivity index (χ2v) is 4.17. The van der Waals surface area contributed by atoms with Crippen LogP contribution in [-0.2, 0) is 0 Å². The van der Waals surface area contributed by atoms with Gasteiger partial charge in [0.15, 0.2) is 0 Å². The van der Waals surface area contributed by atoms with Crippen molar-refractivity contribution in [3.05, 3.63) is 36.5 Å². The Kier molecular flexibility index (Phi) is 8.02. The molecule has 0 aliphatic carbocycles. The van der Waals surface area contributed by atoms with E-state index in [1.807, 2.05) is 6.08 Å². The molecule has 0 aromatic heterocycles. The number of aliphatic hydroxyl groups is 1. The van der Waals surface area contributed by atoms with Gasteiger partial charge in [0.05, 0.1) is 0 Å². The van der Waals surface area contributed by atoms with E-state index >= 15 is 0 Å². The standard InChI is InChI=1S/C14H24O/c1-5-6-7-14(12(2)3)9-8-13(4)10-11-15/h5,8,14-15H,1-2,6-7,9-11H2,3-4H3/b13-8-. The van der Waals surface area contributed by atoms with Gasteiger partial charge >= 0.3 is 0 Å². The molecule has 0 spiro atoms. The van der Waals surface area contributed by atoms with Gasteiger partial charge in [-0.2, -0.15) is 0 Å². The third kappa shape index (κ3) is 7.15. The van der Waals surface area contributed by atoms with Crippen LogP contribution >= 0.6 is 0 Å². The summed E-state index contributed by atoms with van der Waals surface area (Å²) in [6, 6.07) is 0. The summed E-state index contributed by atoms with van der Waals surface area (Å²) in [7, 11) is 0. The molecule has 0 amide bonds. The highest BCUT2D eigenvalue weighted by Crippen LogP contribution is 2.21. The van der Waals surface area contributed by atoms with Crippen molar-refractivity contribution in [2.75, 3.05) is 6.61 Å². The van der Waals surface area contributed by atoms with Crippen molar-refractivity contribution in [3.8, 4) is 0 Å². The summed E-state index contributed by atoms with van der Waals surface area (Å²) in [5, 5.41) is 8.78. The fourth-order valence-corrected chi connectivity index (χ4v) is 1.51. The third-order valence-electron chi connectivity index (χ3n) is 2.67. The molecular formula is C14H24O. The fourth-order valence-electron chi connectivity index (χ4n) is 1.51. The summed E-state index contributed by atoms with van der Waals surface area (Å²) >= 11 is 0. The first-order valence-electron chi connectivity index (χ1n) is 5.64. The zero-order valence-corrected chi connectivity index (χ0v) is 10.1. The Morgan fingerprint density at radius 1 is 1.40 bits per heavy atom. The lowest BCUT2D eigenvalue weighted by atomic mass is 9.92. The summed E-state index contributed by atoms with van der Waals surface area (Å²) in [6.45, 7) is 12.2. The molecule has 0 aliphatic rings. The first-order valence-corrected chi connectivity index (χ1v) is 5.64. The van der Waals surface area contributed by atoms with Gasteiger partial charge in [0.2, 0.25) is 0 Å². The molecule has 0 saturated carbocycles. The molecule has 0 aromatic rings. The highest BCUT2D eigenvalue weighted by atomic mass is 16.2. The van der Waals surface area contributed by atoms with Gasteiger partial charge in [-0.25, -0.2) is 0 Å². The van der Waals surface area contributed by atoms with E-state index in [-0.39, 0.29) is 6.61 Å². The summed E-state index contributed by atoms with van der Waals surface area (Å²) in [4.78, 5) is 0. The number of hydrogen-bond donors (Lipinski definition) is 1. The van der Waals surface area contributed by atoms with Crippen LogP contribution in [0.15, 0.2) is 36.5 Å². The zero-order chi connectivity index (χ0) is 11.7. The van der Waals surface area contributed by atoms with Gasteiger partial charge in [0, 0.05) is 6.61 Å². The van der Waals surface area contributed by atoms with Crippen LogP contribution in [0.1, 0.15) is 39.5 Å². The highest BCUT2D eigenvalue weighted by Gasteiger charge is 2.06. The summed E-state index contributed by atoms with van der Waals surface area (Å²) in [6.07, 6.45) is 8.17. The minimum absolute atomic E-state index is 0.243. The van der Waals surface area contributed by atoms with E-state index < -0.39 is 0 Å². The number of aliphatic hydroxyl groups excluding tert-OH is 1.